The van der Waals surface area contributed by atoms with Crippen LogP contribution in [0.4, 0.5) is 5.82 Å². The largest absolute Gasteiger partial charge is 0.497 e. The van der Waals surface area contributed by atoms with E-state index in [-0.39, 0.29) is 6.61 Å². The van der Waals surface area contributed by atoms with Crippen LogP contribution in [0.2, 0.25) is 0 Å². The van der Waals surface area contributed by atoms with Crippen molar-refractivity contribution in [2.75, 3.05) is 19.0 Å². The van der Waals surface area contributed by atoms with Gasteiger partial charge in [0, 0.05) is 30.1 Å². The fraction of sp³-hybridized carbons (Fsp3) is 0.438. The molecule has 0 amide bonds. The van der Waals surface area contributed by atoms with Gasteiger partial charge in [0.05, 0.1) is 7.11 Å². The molecule has 20 heavy (non-hydrogen) atoms. The molecule has 1 aliphatic rings. The standard InChI is InChI=1S/C16H20N2O2/c1-20-13-6-5-11-7-8-17-16(14(11)9-13)18-15-4-2-3-12(15)10-19/h5-9,12,15,19H,2-4,10H2,1H3,(H,17,18). The first-order valence-corrected chi connectivity index (χ1v) is 7.12. The summed E-state index contributed by atoms with van der Waals surface area (Å²) in [6, 6.07) is 8.31. The molecule has 0 aliphatic heterocycles. The fourth-order valence-electron chi connectivity index (χ4n) is 3.01. The van der Waals surface area contributed by atoms with Crippen molar-refractivity contribution in [3.8, 4) is 5.75 Å². The van der Waals surface area contributed by atoms with Crippen molar-refractivity contribution in [2.24, 2.45) is 5.92 Å². The van der Waals surface area contributed by atoms with Crippen LogP contribution in [-0.4, -0.2) is 29.8 Å². The second-order valence-corrected chi connectivity index (χ2v) is 5.37. The average molecular weight is 272 g/mol. The van der Waals surface area contributed by atoms with Crippen LogP contribution in [0.3, 0.4) is 0 Å². The van der Waals surface area contributed by atoms with E-state index in [1.54, 1.807) is 7.11 Å². The van der Waals surface area contributed by atoms with Gasteiger partial charge in [-0.3, -0.25) is 0 Å². The molecule has 3 rings (SSSR count). The lowest BCUT2D eigenvalue weighted by Crippen LogP contribution is -2.26. The van der Waals surface area contributed by atoms with Crippen LogP contribution < -0.4 is 10.1 Å². The van der Waals surface area contributed by atoms with E-state index in [0.717, 1.165) is 41.6 Å². The maximum absolute atomic E-state index is 9.43. The Labute approximate surface area is 118 Å². The van der Waals surface area contributed by atoms with Gasteiger partial charge in [-0.05, 0) is 36.4 Å². The van der Waals surface area contributed by atoms with Crippen molar-refractivity contribution < 1.29 is 9.84 Å². The Kier molecular flexibility index (Phi) is 3.74. The Morgan fingerprint density at radius 3 is 3.05 bits per heavy atom. The number of nitrogens with zero attached hydrogens (tertiary/aromatic N) is 1. The Morgan fingerprint density at radius 1 is 1.35 bits per heavy atom. The van der Waals surface area contributed by atoms with Crippen molar-refractivity contribution in [2.45, 2.75) is 25.3 Å². The second-order valence-electron chi connectivity index (χ2n) is 5.37. The van der Waals surface area contributed by atoms with Crippen molar-refractivity contribution in [3.63, 3.8) is 0 Å². The SMILES string of the molecule is COc1ccc2ccnc(NC3CCCC3CO)c2c1. The number of aromatic nitrogens is 1. The van der Waals surface area contributed by atoms with Crippen LogP contribution in [0.15, 0.2) is 30.5 Å². The van der Waals surface area contributed by atoms with E-state index in [1.165, 1.54) is 0 Å². The summed E-state index contributed by atoms with van der Waals surface area (Å²) in [7, 11) is 1.67. The molecule has 2 aromatic rings. The Balaban J connectivity index is 1.94. The summed E-state index contributed by atoms with van der Waals surface area (Å²) >= 11 is 0. The van der Waals surface area contributed by atoms with Gasteiger partial charge >= 0.3 is 0 Å². The number of pyridine rings is 1. The first-order valence-electron chi connectivity index (χ1n) is 7.12. The highest BCUT2D eigenvalue weighted by molar-refractivity contribution is 5.92. The van der Waals surface area contributed by atoms with Gasteiger partial charge in [-0.2, -0.15) is 0 Å². The summed E-state index contributed by atoms with van der Waals surface area (Å²) in [6.07, 6.45) is 5.16. The number of anilines is 1. The zero-order valence-electron chi connectivity index (χ0n) is 11.7. The predicted molar refractivity (Wildman–Crippen MR) is 80.1 cm³/mol. The van der Waals surface area contributed by atoms with Crippen LogP contribution in [0.5, 0.6) is 5.75 Å². The van der Waals surface area contributed by atoms with Gasteiger partial charge in [0.15, 0.2) is 0 Å². The first-order chi connectivity index (χ1) is 9.81. The molecule has 2 atom stereocenters. The number of fused-ring (bicyclic) bond motifs is 1. The average Bonchev–Trinajstić information content (AvgIpc) is 2.94. The lowest BCUT2D eigenvalue weighted by molar-refractivity contribution is 0.222. The number of ether oxygens (including phenoxy) is 1. The van der Waals surface area contributed by atoms with Crippen molar-refractivity contribution in [1.29, 1.82) is 0 Å². The maximum Gasteiger partial charge on any atom is 0.134 e. The number of benzene rings is 1. The highest BCUT2D eigenvalue weighted by Gasteiger charge is 2.27. The molecule has 1 aliphatic carbocycles. The molecule has 0 radical (unpaired) electrons. The van der Waals surface area contributed by atoms with Crippen molar-refractivity contribution in [3.05, 3.63) is 30.5 Å². The van der Waals surface area contributed by atoms with Gasteiger partial charge in [-0.25, -0.2) is 4.98 Å². The van der Waals surface area contributed by atoms with Gasteiger partial charge < -0.3 is 15.2 Å². The zero-order valence-corrected chi connectivity index (χ0v) is 11.7. The minimum Gasteiger partial charge on any atom is -0.497 e. The van der Waals surface area contributed by atoms with E-state index in [4.69, 9.17) is 4.74 Å². The topological polar surface area (TPSA) is 54.4 Å². The molecule has 1 fully saturated rings. The van der Waals surface area contributed by atoms with E-state index in [9.17, 15) is 5.11 Å². The number of methoxy groups -OCH3 is 1. The molecule has 2 unspecified atom stereocenters. The number of hydrogen-bond acceptors (Lipinski definition) is 4. The quantitative estimate of drug-likeness (QED) is 0.898. The summed E-state index contributed by atoms with van der Waals surface area (Å²) in [5.74, 6) is 2.04. The highest BCUT2D eigenvalue weighted by Crippen LogP contribution is 2.31. The number of aliphatic hydroxyl groups excluding tert-OH is 1. The Bertz CT molecular complexity index is 600. The van der Waals surface area contributed by atoms with Gasteiger partial charge in [0.2, 0.25) is 0 Å². The molecule has 2 N–H and O–H groups in total. The number of hydrogen-bond donors (Lipinski definition) is 2. The summed E-state index contributed by atoms with van der Waals surface area (Å²) in [5, 5.41) is 15.1. The molecule has 1 aromatic carbocycles. The van der Waals surface area contributed by atoms with E-state index >= 15 is 0 Å². The van der Waals surface area contributed by atoms with Crippen LogP contribution >= 0.6 is 0 Å². The van der Waals surface area contributed by atoms with Crippen molar-refractivity contribution >= 4 is 16.6 Å². The highest BCUT2D eigenvalue weighted by atomic mass is 16.5. The van der Waals surface area contributed by atoms with Crippen LogP contribution in [-0.2, 0) is 0 Å². The third kappa shape index (κ3) is 2.43. The second kappa shape index (κ2) is 5.67. The number of nitrogens with one attached hydrogen (secondary N) is 1. The first kappa shape index (κ1) is 13.2. The minimum absolute atomic E-state index is 0.242. The van der Waals surface area contributed by atoms with E-state index in [2.05, 4.69) is 10.3 Å². The smallest absolute Gasteiger partial charge is 0.134 e. The van der Waals surface area contributed by atoms with E-state index in [0.29, 0.717) is 12.0 Å². The molecule has 4 heteroatoms. The molecule has 0 bridgehead atoms. The van der Waals surface area contributed by atoms with Crippen LogP contribution in [0, 0.1) is 5.92 Å². The molecule has 0 spiro atoms. The number of rotatable bonds is 4. The summed E-state index contributed by atoms with van der Waals surface area (Å²) in [5.41, 5.74) is 0. The normalized spacial score (nSPS) is 22.1. The summed E-state index contributed by atoms with van der Waals surface area (Å²) < 4.78 is 5.29. The molecule has 1 aromatic heterocycles. The number of aliphatic hydroxyl groups is 1. The zero-order chi connectivity index (χ0) is 13.9. The molecule has 106 valence electrons. The molecule has 1 saturated carbocycles. The van der Waals surface area contributed by atoms with Crippen LogP contribution in [0.1, 0.15) is 19.3 Å². The molecular formula is C16H20N2O2. The Morgan fingerprint density at radius 2 is 2.25 bits per heavy atom. The predicted octanol–water partition coefficient (Wildman–Crippen LogP) is 2.82. The van der Waals surface area contributed by atoms with Gasteiger partial charge in [-0.1, -0.05) is 12.5 Å². The lowest BCUT2D eigenvalue weighted by atomic mass is 10.0. The molecule has 0 saturated heterocycles. The van der Waals surface area contributed by atoms with Crippen LogP contribution in [0.25, 0.3) is 10.8 Å². The lowest BCUT2D eigenvalue weighted by Gasteiger charge is -2.20. The molecule has 4 nitrogen and oxygen atoms in total. The third-order valence-electron chi connectivity index (χ3n) is 4.19. The molecular weight excluding hydrogens is 252 g/mol. The summed E-state index contributed by atoms with van der Waals surface area (Å²) in [6.45, 7) is 0.242. The monoisotopic (exact) mass is 272 g/mol. The van der Waals surface area contributed by atoms with Crippen molar-refractivity contribution in [1.82, 2.24) is 4.98 Å². The Hall–Kier alpha value is -1.81. The van der Waals surface area contributed by atoms with Gasteiger partial charge in [0.25, 0.3) is 0 Å². The fourth-order valence-corrected chi connectivity index (χ4v) is 3.01. The molecule has 1 heterocycles. The summed E-state index contributed by atoms with van der Waals surface area (Å²) in [4.78, 5) is 4.47. The maximum atomic E-state index is 9.43. The van der Waals surface area contributed by atoms with Gasteiger partial charge in [0.1, 0.15) is 11.6 Å². The minimum atomic E-state index is 0.242. The van der Waals surface area contributed by atoms with Gasteiger partial charge in [-0.15, -0.1) is 0 Å². The third-order valence-corrected chi connectivity index (χ3v) is 4.19. The van der Waals surface area contributed by atoms with E-state index < -0.39 is 0 Å². The van der Waals surface area contributed by atoms with E-state index in [1.807, 2.05) is 30.5 Å².